The molecule has 30 heavy (non-hydrogen) atoms. The third kappa shape index (κ3) is 5.17. The van der Waals surface area contributed by atoms with E-state index in [0.29, 0.717) is 10.6 Å². The quantitative estimate of drug-likeness (QED) is 0.304. The third-order valence-electron chi connectivity index (χ3n) is 3.75. The highest BCUT2D eigenvalue weighted by atomic mass is 32.2. The summed E-state index contributed by atoms with van der Waals surface area (Å²) < 4.78 is 10.8. The fourth-order valence-electron chi connectivity index (χ4n) is 2.42. The van der Waals surface area contributed by atoms with Gasteiger partial charge < -0.3 is 20.3 Å². The maximum Gasteiger partial charge on any atom is 0.435 e. The van der Waals surface area contributed by atoms with Crippen molar-refractivity contribution in [2.75, 3.05) is 20.0 Å². The molecule has 0 aliphatic heterocycles. The van der Waals surface area contributed by atoms with Crippen LogP contribution in [0.25, 0.3) is 21.8 Å². The van der Waals surface area contributed by atoms with E-state index >= 15 is 0 Å². The van der Waals surface area contributed by atoms with Crippen LogP contribution in [-0.4, -0.2) is 48.0 Å². The first kappa shape index (κ1) is 21.8. The molecule has 0 radical (unpaired) electrons. The number of carboxylic acids is 1. The number of thioether (sulfide) groups is 1. The molecule has 1 aromatic carbocycles. The normalized spacial score (nSPS) is 11.3. The Hall–Kier alpha value is -2.89. The lowest BCUT2D eigenvalue weighted by atomic mass is 10.1. The van der Waals surface area contributed by atoms with E-state index in [1.807, 2.05) is 23.8 Å². The summed E-state index contributed by atoms with van der Waals surface area (Å²) in [5, 5.41) is 11.5. The van der Waals surface area contributed by atoms with E-state index < -0.39 is 18.7 Å². The number of aliphatic carboxylic acids is 1. The van der Waals surface area contributed by atoms with Crippen LogP contribution in [0.5, 0.6) is 5.75 Å². The summed E-state index contributed by atoms with van der Waals surface area (Å²) in [7, 11) is 1.24. The van der Waals surface area contributed by atoms with Gasteiger partial charge in [0.25, 0.3) is 0 Å². The van der Waals surface area contributed by atoms with Crippen molar-refractivity contribution in [3.8, 4) is 27.6 Å². The van der Waals surface area contributed by atoms with Gasteiger partial charge in [-0.2, -0.15) is 4.99 Å². The van der Waals surface area contributed by atoms with Crippen LogP contribution in [0.2, 0.25) is 0 Å². The second-order valence-electron chi connectivity index (χ2n) is 5.73. The lowest BCUT2D eigenvalue weighted by molar-refractivity contribution is -0.139. The highest BCUT2D eigenvalue weighted by molar-refractivity contribution is 8.00. The Morgan fingerprint density at radius 1 is 1.33 bits per heavy atom. The van der Waals surface area contributed by atoms with E-state index in [4.69, 9.17) is 20.6 Å². The molecule has 0 atom stereocenters. The van der Waals surface area contributed by atoms with Gasteiger partial charge in [-0.25, -0.2) is 14.6 Å². The monoisotopic (exact) mass is 463 g/mol. The molecule has 0 fully saturated rings. The highest BCUT2D eigenvalue weighted by Crippen LogP contribution is 2.40. The number of carbonyl (C=O) groups is 2. The number of benzene rings is 1. The Bertz CT molecular complexity index is 1110. The SMILES string of the molecule is COC(=O)N=C(N)c1cc(-c2nc(-c3cccc(OCC(=O)O)c3)cs2)c(SC)s1. The number of nitrogens with zero attached hydrogens (tertiary/aromatic N) is 2. The Balaban J connectivity index is 1.89. The molecule has 0 aliphatic rings. The summed E-state index contributed by atoms with van der Waals surface area (Å²) in [5.41, 5.74) is 8.39. The van der Waals surface area contributed by atoms with Crippen molar-refractivity contribution < 1.29 is 24.2 Å². The predicted molar refractivity (Wildman–Crippen MR) is 119 cm³/mol. The molecular formula is C19H17N3O5S3. The minimum Gasteiger partial charge on any atom is -0.482 e. The Morgan fingerprint density at radius 3 is 2.83 bits per heavy atom. The minimum absolute atomic E-state index is 0.0912. The van der Waals surface area contributed by atoms with Crippen LogP contribution in [0, 0.1) is 0 Å². The van der Waals surface area contributed by atoms with E-state index in [1.165, 1.54) is 29.8 Å². The smallest absolute Gasteiger partial charge is 0.435 e. The molecule has 0 unspecified atom stereocenters. The number of hydrogen-bond donors (Lipinski definition) is 2. The number of aliphatic imine (C=N–C) groups is 1. The number of aromatic nitrogens is 1. The van der Waals surface area contributed by atoms with Crippen molar-refractivity contribution in [2.24, 2.45) is 10.7 Å². The van der Waals surface area contributed by atoms with Crippen molar-refractivity contribution in [1.82, 2.24) is 4.98 Å². The molecule has 0 saturated carbocycles. The Morgan fingerprint density at radius 2 is 2.13 bits per heavy atom. The van der Waals surface area contributed by atoms with Crippen LogP contribution < -0.4 is 10.5 Å². The Labute approximate surface area is 184 Å². The summed E-state index contributed by atoms with van der Waals surface area (Å²) in [6, 6.07) is 8.96. The number of amides is 1. The molecule has 156 valence electrons. The lowest BCUT2D eigenvalue weighted by Gasteiger charge is -2.04. The van der Waals surface area contributed by atoms with Crippen LogP contribution in [0.1, 0.15) is 4.88 Å². The maximum absolute atomic E-state index is 11.4. The van der Waals surface area contributed by atoms with Crippen molar-refractivity contribution in [2.45, 2.75) is 4.21 Å². The van der Waals surface area contributed by atoms with Crippen molar-refractivity contribution in [3.63, 3.8) is 0 Å². The number of thiophene rings is 1. The number of carbonyl (C=O) groups excluding carboxylic acids is 1. The number of rotatable bonds is 7. The molecule has 11 heteroatoms. The van der Waals surface area contributed by atoms with E-state index in [9.17, 15) is 9.59 Å². The molecule has 0 bridgehead atoms. The van der Waals surface area contributed by atoms with Crippen molar-refractivity contribution in [3.05, 3.63) is 40.6 Å². The fraction of sp³-hybridized carbons (Fsp3) is 0.158. The largest absolute Gasteiger partial charge is 0.482 e. The van der Waals surface area contributed by atoms with Crippen LogP contribution in [-0.2, 0) is 9.53 Å². The second-order valence-corrected chi connectivity index (χ2v) is 8.72. The standard InChI is InChI=1S/C19H17N3O5S3/c1-26-19(25)22-16(20)14-7-12(18(28-2)30-14)17-21-13(9-29-17)10-4-3-5-11(6-10)27-8-15(23)24/h3-7,9H,8H2,1-2H3,(H,23,24)(H2,20,22,25). The molecule has 2 aromatic heterocycles. The summed E-state index contributed by atoms with van der Waals surface area (Å²) in [6.07, 6.45) is 1.19. The van der Waals surface area contributed by atoms with Gasteiger partial charge in [0.1, 0.15) is 16.6 Å². The zero-order valence-corrected chi connectivity index (χ0v) is 18.4. The first-order valence-electron chi connectivity index (χ1n) is 8.42. The molecule has 0 spiro atoms. The fourth-order valence-corrected chi connectivity index (χ4v) is 5.17. The topological polar surface area (TPSA) is 124 Å². The first-order chi connectivity index (χ1) is 14.4. The number of thiazole rings is 1. The van der Waals surface area contributed by atoms with Crippen LogP contribution in [0.3, 0.4) is 0 Å². The summed E-state index contributed by atoms with van der Waals surface area (Å²) >= 11 is 4.44. The molecule has 2 heterocycles. The first-order valence-corrected chi connectivity index (χ1v) is 11.3. The molecule has 3 rings (SSSR count). The molecular weight excluding hydrogens is 446 g/mol. The van der Waals surface area contributed by atoms with Gasteiger partial charge in [-0.3, -0.25) is 0 Å². The average molecular weight is 464 g/mol. The van der Waals surface area contributed by atoms with Gasteiger partial charge in [0, 0.05) is 16.5 Å². The van der Waals surface area contributed by atoms with E-state index in [2.05, 4.69) is 9.73 Å². The molecule has 3 aromatic rings. The van der Waals surface area contributed by atoms with E-state index in [1.54, 1.807) is 30.0 Å². The molecule has 0 saturated heterocycles. The van der Waals surface area contributed by atoms with Gasteiger partial charge in [-0.15, -0.1) is 34.4 Å². The van der Waals surface area contributed by atoms with Crippen molar-refractivity contribution >= 4 is 52.3 Å². The predicted octanol–water partition coefficient (Wildman–Crippen LogP) is 4.20. The summed E-state index contributed by atoms with van der Waals surface area (Å²) in [5.74, 6) is -0.489. The zero-order chi connectivity index (χ0) is 21.7. The van der Waals surface area contributed by atoms with Crippen LogP contribution in [0.4, 0.5) is 4.79 Å². The molecule has 1 amide bonds. The van der Waals surface area contributed by atoms with Gasteiger partial charge in [0.05, 0.1) is 21.9 Å². The maximum atomic E-state index is 11.4. The van der Waals surface area contributed by atoms with Crippen LogP contribution >= 0.6 is 34.4 Å². The number of methoxy groups -OCH3 is 1. The van der Waals surface area contributed by atoms with E-state index in [-0.39, 0.29) is 5.84 Å². The number of carboxylic acid groups (broad SMARTS) is 1. The van der Waals surface area contributed by atoms with Crippen molar-refractivity contribution in [1.29, 1.82) is 0 Å². The molecule has 0 aliphatic carbocycles. The minimum atomic E-state index is -1.04. The Kier molecular flexibility index (Phi) is 7.08. The average Bonchev–Trinajstić information content (AvgIpc) is 3.39. The highest BCUT2D eigenvalue weighted by Gasteiger charge is 2.17. The number of amidine groups is 1. The van der Waals surface area contributed by atoms with Gasteiger partial charge in [-0.1, -0.05) is 12.1 Å². The van der Waals surface area contributed by atoms with E-state index in [0.717, 1.165) is 26.0 Å². The number of hydrogen-bond acceptors (Lipinski definition) is 8. The lowest BCUT2D eigenvalue weighted by Crippen LogP contribution is -2.14. The van der Waals surface area contributed by atoms with Crippen LogP contribution in [0.15, 0.2) is 44.9 Å². The number of nitrogens with two attached hydrogens (primary N) is 1. The van der Waals surface area contributed by atoms with Gasteiger partial charge >= 0.3 is 12.1 Å². The molecule has 8 nitrogen and oxygen atoms in total. The van der Waals surface area contributed by atoms with Gasteiger partial charge in [-0.05, 0) is 24.5 Å². The number of ether oxygens (including phenoxy) is 2. The zero-order valence-electron chi connectivity index (χ0n) is 15.9. The van der Waals surface area contributed by atoms with Gasteiger partial charge in [0.15, 0.2) is 6.61 Å². The third-order valence-corrected chi connectivity index (χ3v) is 6.92. The molecule has 3 N–H and O–H groups in total. The second kappa shape index (κ2) is 9.74. The summed E-state index contributed by atoms with van der Waals surface area (Å²) in [4.78, 5) is 31.1. The van der Waals surface area contributed by atoms with Gasteiger partial charge in [0.2, 0.25) is 0 Å². The summed E-state index contributed by atoms with van der Waals surface area (Å²) in [6.45, 7) is -0.408.